The molecule has 30 heavy (non-hydrogen) atoms. The van der Waals surface area contributed by atoms with Gasteiger partial charge in [0.25, 0.3) is 0 Å². The third-order valence-electron chi connectivity index (χ3n) is 4.18. The van der Waals surface area contributed by atoms with Crippen LogP contribution in [0.5, 0.6) is 0 Å². The van der Waals surface area contributed by atoms with E-state index in [-0.39, 0.29) is 5.56 Å². The molecule has 1 heterocycles. The highest BCUT2D eigenvalue weighted by molar-refractivity contribution is 7.53. The zero-order valence-corrected chi connectivity index (χ0v) is 17.4. The topological polar surface area (TPSA) is 86.6 Å². The number of fused-ring (bicyclic) bond motifs is 1. The highest BCUT2D eigenvalue weighted by Gasteiger charge is 2.38. The highest BCUT2D eigenvalue weighted by atomic mass is 35.5. The molecule has 0 radical (unpaired) electrons. The van der Waals surface area contributed by atoms with Crippen LogP contribution in [0.2, 0.25) is 5.02 Å². The lowest BCUT2D eigenvalue weighted by molar-refractivity contribution is -0.137. The monoisotopic (exact) mass is 475 g/mol. The van der Waals surface area contributed by atoms with Crippen molar-refractivity contribution in [1.29, 1.82) is 0 Å². The summed E-state index contributed by atoms with van der Waals surface area (Å²) in [6.45, 7) is 0. The summed E-state index contributed by atoms with van der Waals surface area (Å²) < 4.78 is 50.5. The van der Waals surface area contributed by atoms with Gasteiger partial charge in [-0.3, -0.25) is 9.36 Å². The van der Waals surface area contributed by atoms with Gasteiger partial charge < -0.3 is 15.1 Å². The second-order valence-corrected chi connectivity index (χ2v) is 9.33. The molecule has 1 unspecified atom stereocenters. The Bertz CT molecular complexity index is 1150. The van der Waals surface area contributed by atoms with E-state index in [4.69, 9.17) is 11.6 Å². The van der Waals surface area contributed by atoms with Gasteiger partial charge in [-0.05, 0) is 58.3 Å². The Hall–Kier alpha value is -2.16. The second-order valence-electron chi connectivity index (χ2n) is 6.28. The summed E-state index contributed by atoms with van der Waals surface area (Å²) in [5.41, 5.74) is -2.06. The minimum Gasteiger partial charge on any atom is -0.332 e. The molecule has 1 amide bonds. The van der Waals surface area contributed by atoms with E-state index in [2.05, 4.69) is 5.32 Å². The number of rotatable bonds is 5. The molecule has 3 aromatic rings. The van der Waals surface area contributed by atoms with Crippen LogP contribution in [-0.4, -0.2) is 15.7 Å². The maximum Gasteiger partial charge on any atom is 0.416 e. The van der Waals surface area contributed by atoms with Crippen molar-refractivity contribution in [2.45, 2.75) is 11.8 Å². The quantitative estimate of drug-likeness (QED) is 0.420. The van der Waals surface area contributed by atoms with Crippen LogP contribution in [-0.2, 0) is 15.5 Å². The van der Waals surface area contributed by atoms with Gasteiger partial charge in [0, 0.05) is 15.9 Å². The lowest BCUT2D eigenvalue weighted by Crippen LogP contribution is -2.25. The van der Waals surface area contributed by atoms with E-state index in [1.54, 1.807) is 12.1 Å². The molecule has 1 atom stereocenters. The van der Waals surface area contributed by atoms with Gasteiger partial charge in [-0.15, -0.1) is 11.3 Å². The Morgan fingerprint density at radius 3 is 2.43 bits per heavy atom. The predicted octanol–water partition coefficient (Wildman–Crippen LogP) is 5.58. The molecule has 0 aliphatic heterocycles. The molecule has 0 bridgehead atoms. The lowest BCUT2D eigenvalue weighted by Gasteiger charge is -2.16. The number of halogens is 4. The Balaban J connectivity index is 1.82. The van der Waals surface area contributed by atoms with Crippen molar-refractivity contribution < 1.29 is 32.3 Å². The molecule has 0 aliphatic rings. The zero-order chi connectivity index (χ0) is 22.1. The Kier molecular flexibility index (Phi) is 6.40. The molecule has 2 aromatic carbocycles. The van der Waals surface area contributed by atoms with Gasteiger partial charge >= 0.3 is 13.8 Å². The van der Waals surface area contributed by atoms with Crippen LogP contribution in [0.3, 0.4) is 0 Å². The fourth-order valence-corrected chi connectivity index (χ4v) is 4.99. The molecule has 1 aromatic heterocycles. The molecule has 158 valence electrons. The number of thiophene rings is 1. The van der Waals surface area contributed by atoms with Crippen molar-refractivity contribution in [2.24, 2.45) is 0 Å². The van der Waals surface area contributed by atoms with Gasteiger partial charge in [0.1, 0.15) is 0 Å². The van der Waals surface area contributed by atoms with Gasteiger partial charge in [-0.1, -0.05) is 23.7 Å². The average molecular weight is 476 g/mol. The number of carbonyl (C=O) groups excluding carboxylic acids is 1. The Morgan fingerprint density at radius 1 is 1.17 bits per heavy atom. The molecule has 0 aliphatic carbocycles. The molecule has 3 N–H and O–H groups in total. The summed E-state index contributed by atoms with van der Waals surface area (Å²) in [5.74, 6) is -0.953. The molecular formula is C19H14ClF3NO4PS. The maximum atomic E-state index is 12.6. The SMILES string of the molecule is O=C(N/C=C/c1ccc(C(F)(F)F)cc1)C(c1csc2ccc(Cl)cc12)P(=O)(O)O. The van der Waals surface area contributed by atoms with Crippen molar-refractivity contribution >= 4 is 52.6 Å². The maximum absolute atomic E-state index is 12.6. The first-order chi connectivity index (χ1) is 14.0. The van der Waals surface area contributed by atoms with E-state index >= 15 is 0 Å². The molecule has 0 spiro atoms. The Labute approximate surface area is 178 Å². The summed E-state index contributed by atoms with van der Waals surface area (Å²) in [6, 6.07) is 9.04. The van der Waals surface area contributed by atoms with Crippen LogP contribution in [0.15, 0.2) is 54.0 Å². The first-order valence-corrected chi connectivity index (χ1v) is 11.3. The smallest absolute Gasteiger partial charge is 0.332 e. The molecule has 5 nitrogen and oxygen atoms in total. The molecule has 0 saturated heterocycles. The fourth-order valence-electron chi connectivity index (χ4n) is 2.79. The van der Waals surface area contributed by atoms with Crippen LogP contribution in [0.1, 0.15) is 22.3 Å². The van der Waals surface area contributed by atoms with Crippen LogP contribution < -0.4 is 5.32 Å². The standard InChI is InChI=1S/C19H14ClF3NO4PS/c20-13-5-6-16-14(9-13)15(10-30-16)17(29(26,27)28)18(25)24-8-7-11-1-3-12(4-2-11)19(21,22)23/h1-10,17H,(H,24,25)(H2,26,27,28)/b8-7+. The summed E-state index contributed by atoms with van der Waals surface area (Å²) in [6.07, 6.45) is -2.02. The van der Waals surface area contributed by atoms with Crippen LogP contribution >= 0.6 is 30.5 Å². The average Bonchev–Trinajstić information content (AvgIpc) is 3.03. The van der Waals surface area contributed by atoms with E-state index in [1.807, 2.05) is 0 Å². The van der Waals surface area contributed by atoms with Crippen LogP contribution in [0.25, 0.3) is 16.2 Å². The molecular weight excluding hydrogens is 462 g/mol. The minimum atomic E-state index is -4.88. The third-order valence-corrected chi connectivity index (χ3v) is 6.59. The van der Waals surface area contributed by atoms with Gasteiger partial charge in [-0.25, -0.2) is 0 Å². The number of amides is 1. The van der Waals surface area contributed by atoms with Gasteiger partial charge in [0.15, 0.2) is 5.66 Å². The predicted molar refractivity (Wildman–Crippen MR) is 110 cm³/mol. The number of hydrogen-bond acceptors (Lipinski definition) is 3. The summed E-state index contributed by atoms with van der Waals surface area (Å²) in [5, 5.41) is 4.59. The highest BCUT2D eigenvalue weighted by Crippen LogP contribution is 2.54. The fraction of sp³-hybridized carbons (Fsp3) is 0.105. The van der Waals surface area contributed by atoms with Crippen molar-refractivity contribution in [1.82, 2.24) is 5.32 Å². The first-order valence-electron chi connectivity index (χ1n) is 8.33. The number of benzene rings is 2. The minimum absolute atomic E-state index is 0.145. The van der Waals surface area contributed by atoms with Crippen molar-refractivity contribution in [3.05, 3.63) is 75.8 Å². The van der Waals surface area contributed by atoms with Crippen molar-refractivity contribution in [3.8, 4) is 0 Å². The van der Waals surface area contributed by atoms with E-state index in [1.165, 1.54) is 41.0 Å². The van der Waals surface area contributed by atoms with Gasteiger partial charge in [0.2, 0.25) is 5.91 Å². The number of alkyl halides is 3. The van der Waals surface area contributed by atoms with E-state index in [0.717, 1.165) is 18.3 Å². The van der Waals surface area contributed by atoms with E-state index < -0.39 is 30.9 Å². The second kappa shape index (κ2) is 8.53. The zero-order valence-electron chi connectivity index (χ0n) is 14.9. The normalized spacial score (nSPS) is 13.7. The molecule has 3 rings (SSSR count). The van der Waals surface area contributed by atoms with Gasteiger partial charge in [-0.2, -0.15) is 13.2 Å². The third kappa shape index (κ3) is 5.11. The molecule has 11 heteroatoms. The number of hydrogen-bond donors (Lipinski definition) is 3. The van der Waals surface area contributed by atoms with Crippen LogP contribution in [0, 0.1) is 0 Å². The molecule has 0 fully saturated rings. The lowest BCUT2D eigenvalue weighted by atomic mass is 10.1. The van der Waals surface area contributed by atoms with Crippen molar-refractivity contribution in [2.75, 3.05) is 0 Å². The number of nitrogens with one attached hydrogen (secondary N) is 1. The van der Waals surface area contributed by atoms with Crippen LogP contribution in [0.4, 0.5) is 13.2 Å². The summed E-state index contributed by atoms with van der Waals surface area (Å²) in [7, 11) is -4.88. The Morgan fingerprint density at radius 2 is 1.83 bits per heavy atom. The summed E-state index contributed by atoms with van der Waals surface area (Å²) in [4.78, 5) is 32.1. The van der Waals surface area contributed by atoms with E-state index in [0.29, 0.717) is 20.7 Å². The number of carbonyl (C=O) groups is 1. The van der Waals surface area contributed by atoms with Crippen molar-refractivity contribution in [3.63, 3.8) is 0 Å². The largest absolute Gasteiger partial charge is 0.416 e. The molecule has 0 saturated carbocycles. The first kappa shape index (κ1) is 22.5. The van der Waals surface area contributed by atoms with E-state index in [9.17, 15) is 32.3 Å². The summed E-state index contributed by atoms with van der Waals surface area (Å²) >= 11 is 7.18. The van der Waals surface area contributed by atoms with Gasteiger partial charge in [0.05, 0.1) is 5.56 Å².